The van der Waals surface area contributed by atoms with Crippen LogP contribution >= 0.6 is 0 Å². The van der Waals surface area contributed by atoms with Gasteiger partial charge in [0.1, 0.15) is 6.54 Å². The van der Waals surface area contributed by atoms with Gasteiger partial charge in [-0.1, -0.05) is 418 Å². The Labute approximate surface area is 545 Å². The first-order valence-electron chi connectivity index (χ1n) is 40.0. The summed E-state index contributed by atoms with van der Waals surface area (Å²) in [5.41, 5.74) is 1.40. The molecule has 0 radical (unpaired) electrons. The Morgan fingerprint density at radius 3 is 0.477 bits per heavy atom. The number of benzene rings is 1. The van der Waals surface area contributed by atoms with E-state index >= 15 is 0 Å². The van der Waals surface area contributed by atoms with Gasteiger partial charge in [0.2, 0.25) is 0 Å². The van der Waals surface area contributed by atoms with Crippen LogP contribution in [-0.4, -0.2) is 67.2 Å². The van der Waals surface area contributed by atoms with E-state index in [4.69, 9.17) is 0 Å². The van der Waals surface area contributed by atoms with Crippen LogP contribution < -0.4 is 0 Å². The van der Waals surface area contributed by atoms with Gasteiger partial charge < -0.3 is 19.9 Å². The van der Waals surface area contributed by atoms with Crippen molar-refractivity contribution in [1.82, 2.24) is 0 Å². The summed E-state index contributed by atoms with van der Waals surface area (Å²) in [4.78, 5) is 0. The maximum atomic E-state index is 2.33. The molecule has 0 saturated heterocycles. The van der Waals surface area contributed by atoms with Gasteiger partial charge in [0.15, 0.2) is 0 Å². The summed E-state index contributed by atoms with van der Waals surface area (Å²) in [6.45, 7) is 16.4. The van der Waals surface area contributed by atoms with Crippen molar-refractivity contribution in [2.45, 2.75) is 445 Å². The third-order valence-electron chi connectivity index (χ3n) is 19.4. The lowest BCUT2D eigenvalue weighted by Gasteiger charge is -2.40. The molecule has 0 saturated carbocycles. The van der Waals surface area contributed by atoms with E-state index in [1.807, 2.05) is 0 Å². The fourth-order valence-corrected chi connectivity index (χ4v) is 13.8. The van der Waals surface area contributed by atoms with Crippen LogP contribution in [0.25, 0.3) is 0 Å². The largest absolute Gasteiger partial charge is 0.870 e. The highest BCUT2D eigenvalue weighted by Crippen LogP contribution is 2.23. The first-order valence-corrected chi connectivity index (χ1v) is 40.0. The van der Waals surface area contributed by atoms with E-state index in [9.17, 15) is 0 Å². The maximum Gasteiger partial charge on any atom is 0.104 e. The van der Waals surface area contributed by atoms with E-state index in [0.29, 0.717) is 0 Å². The molecule has 0 aliphatic rings. The quantitative estimate of drug-likeness (QED) is 0.0482. The molecule has 2 N–H and O–H groups in total. The first kappa shape index (κ1) is 89.3. The zero-order chi connectivity index (χ0) is 60.9. The number of nitrogens with zero attached hydrogens (tertiary/aromatic N) is 2. The SMILES string of the molecule is CCCCCCCCCCCCCCCCCC[N+](CCCCCCCCCCCCCCCCCC)(CCCCCCCCCCCCCCCCCC)CCCCCCCCCCCCCCCCCC.C[N+](C)(C)Cc1ccccc1.[OH-].[OH-]. The van der Waals surface area contributed by atoms with Crippen molar-refractivity contribution in [2.24, 2.45) is 0 Å². The Hall–Kier alpha value is -0.940. The molecule has 0 aromatic heterocycles. The predicted octanol–water partition coefficient (Wildman–Crippen LogP) is 28.4. The zero-order valence-corrected chi connectivity index (χ0v) is 61.0. The Balaban J connectivity index is -0.00000472. The smallest absolute Gasteiger partial charge is 0.104 e. The van der Waals surface area contributed by atoms with Crippen LogP contribution in [0.2, 0.25) is 0 Å². The van der Waals surface area contributed by atoms with Crippen LogP contribution in [0.1, 0.15) is 444 Å². The minimum atomic E-state index is 0. The van der Waals surface area contributed by atoms with Crippen LogP contribution in [0.5, 0.6) is 0 Å². The fourth-order valence-electron chi connectivity index (χ4n) is 13.8. The van der Waals surface area contributed by atoms with Gasteiger partial charge in [-0.2, -0.15) is 0 Å². The Kier molecular flexibility index (Phi) is 77.6. The van der Waals surface area contributed by atoms with E-state index in [1.54, 1.807) is 0 Å². The van der Waals surface area contributed by atoms with Gasteiger partial charge in [0.25, 0.3) is 0 Å². The van der Waals surface area contributed by atoms with Crippen molar-refractivity contribution in [2.75, 3.05) is 47.3 Å². The second-order valence-electron chi connectivity index (χ2n) is 29.4. The average Bonchev–Trinajstić information content (AvgIpc) is 3.57. The monoisotopic (exact) mass is 1210 g/mol. The molecule has 1 rings (SSSR count). The molecule has 516 valence electrons. The molecule has 0 spiro atoms. The highest BCUT2D eigenvalue weighted by molar-refractivity contribution is 5.13. The molecule has 1 aromatic carbocycles. The van der Waals surface area contributed by atoms with Gasteiger partial charge in [0.05, 0.1) is 47.3 Å². The third kappa shape index (κ3) is 72.1. The van der Waals surface area contributed by atoms with Crippen LogP contribution in [0.4, 0.5) is 0 Å². The first-order chi connectivity index (χ1) is 41.3. The lowest BCUT2D eigenvalue weighted by atomic mass is 10.0. The van der Waals surface area contributed by atoms with Crippen molar-refractivity contribution in [3.8, 4) is 0 Å². The molecule has 1 aromatic rings. The number of unbranched alkanes of at least 4 members (excludes halogenated alkanes) is 60. The van der Waals surface area contributed by atoms with Crippen molar-refractivity contribution in [1.29, 1.82) is 0 Å². The highest BCUT2D eigenvalue weighted by Gasteiger charge is 2.26. The highest BCUT2D eigenvalue weighted by atomic mass is 16.0. The van der Waals surface area contributed by atoms with Gasteiger partial charge in [-0.3, -0.25) is 0 Å². The lowest BCUT2D eigenvalue weighted by molar-refractivity contribution is -0.929. The molecule has 0 heterocycles. The molecule has 0 atom stereocenters. The number of rotatable bonds is 70. The molecular weight excluding hydrogens is 1040 g/mol. The molecule has 4 nitrogen and oxygen atoms in total. The van der Waals surface area contributed by atoms with E-state index in [-0.39, 0.29) is 11.0 Å². The van der Waals surface area contributed by atoms with Crippen LogP contribution in [0.15, 0.2) is 30.3 Å². The van der Waals surface area contributed by atoms with Gasteiger partial charge in [-0.25, -0.2) is 0 Å². The van der Waals surface area contributed by atoms with Gasteiger partial charge in [0, 0.05) is 5.56 Å². The van der Waals surface area contributed by atoms with Crippen LogP contribution in [-0.2, 0) is 6.54 Å². The summed E-state index contributed by atoms with van der Waals surface area (Å²) >= 11 is 0. The van der Waals surface area contributed by atoms with Gasteiger partial charge in [-0.15, -0.1) is 0 Å². The zero-order valence-electron chi connectivity index (χ0n) is 61.0. The molecule has 86 heavy (non-hydrogen) atoms. The minimum Gasteiger partial charge on any atom is -0.870 e. The summed E-state index contributed by atoms with van der Waals surface area (Å²) in [6.07, 6.45) is 94.7. The topological polar surface area (TPSA) is 60.0 Å². The molecule has 0 aliphatic carbocycles. The number of quaternary nitrogens is 2. The molecule has 0 amide bonds. The Morgan fingerprint density at radius 2 is 0.337 bits per heavy atom. The third-order valence-corrected chi connectivity index (χ3v) is 19.4. The van der Waals surface area contributed by atoms with Crippen molar-refractivity contribution in [3.63, 3.8) is 0 Å². The molecule has 0 fully saturated rings. The van der Waals surface area contributed by atoms with Gasteiger partial charge >= 0.3 is 0 Å². The summed E-state index contributed by atoms with van der Waals surface area (Å²) in [5.74, 6) is 0. The molecule has 0 bridgehead atoms. The van der Waals surface area contributed by atoms with Crippen molar-refractivity contribution in [3.05, 3.63) is 35.9 Å². The van der Waals surface area contributed by atoms with Crippen molar-refractivity contribution >= 4 is 0 Å². The number of hydrogen-bond acceptors (Lipinski definition) is 2. The minimum absolute atomic E-state index is 0. The Bertz CT molecular complexity index is 1160. The Morgan fingerprint density at radius 1 is 0.198 bits per heavy atom. The second-order valence-corrected chi connectivity index (χ2v) is 29.4. The standard InChI is InChI=1S/C72H148N.C10H16N.2H2O/c1-5-9-13-17-21-25-29-33-37-41-45-49-53-57-61-65-69-73(70-66-62-58-54-50-46-42-38-34-30-26-22-18-14-10-6-2,71-67-63-59-55-51-47-43-39-35-31-27-23-19-15-11-7-3)72-68-64-60-56-52-48-44-40-36-32-28-24-20-16-12-8-4;1-11(2,3)9-10-7-5-4-6-8-10;;/h5-72H2,1-4H3;4-8H,9H2,1-3H3;2*1H2/q2*+1;;/p-2. The average molecular weight is 1210 g/mol. The molecule has 0 aliphatic heterocycles. The second kappa shape index (κ2) is 74.8. The lowest BCUT2D eigenvalue weighted by Crippen LogP contribution is -2.50. The predicted molar refractivity (Wildman–Crippen MR) is 390 cm³/mol. The summed E-state index contributed by atoms with van der Waals surface area (Å²) in [6, 6.07) is 10.6. The van der Waals surface area contributed by atoms with E-state index < -0.39 is 0 Å². The molecule has 4 heteroatoms. The van der Waals surface area contributed by atoms with Crippen LogP contribution in [0.3, 0.4) is 0 Å². The summed E-state index contributed by atoms with van der Waals surface area (Å²) in [7, 11) is 6.60. The van der Waals surface area contributed by atoms with Crippen molar-refractivity contribution < 1.29 is 19.9 Å². The normalized spacial score (nSPS) is 11.7. The summed E-state index contributed by atoms with van der Waals surface area (Å²) < 4.78 is 2.48. The van der Waals surface area contributed by atoms with E-state index in [0.717, 1.165) is 11.0 Å². The maximum absolute atomic E-state index is 2.33. The van der Waals surface area contributed by atoms with E-state index in [2.05, 4.69) is 79.2 Å². The fraction of sp³-hybridized carbons (Fsp3) is 0.927. The van der Waals surface area contributed by atoms with Crippen LogP contribution in [0, 0.1) is 0 Å². The van der Waals surface area contributed by atoms with E-state index in [1.165, 1.54) is 447 Å². The molecular formula is C82H166N2O2. The molecule has 0 unspecified atom stereocenters. The van der Waals surface area contributed by atoms with Gasteiger partial charge in [-0.05, 0) is 51.4 Å². The number of hydrogen-bond donors (Lipinski definition) is 0. The summed E-state index contributed by atoms with van der Waals surface area (Å²) in [5, 5.41) is 0.